The summed E-state index contributed by atoms with van der Waals surface area (Å²) in [5.41, 5.74) is 10.9. The van der Waals surface area contributed by atoms with Gasteiger partial charge in [-0.15, -0.1) is 0 Å². The summed E-state index contributed by atoms with van der Waals surface area (Å²) in [5.74, 6) is 0.680. The summed E-state index contributed by atoms with van der Waals surface area (Å²) >= 11 is 0. The van der Waals surface area contributed by atoms with Gasteiger partial charge in [-0.05, 0) is 41.0 Å². The Bertz CT molecular complexity index is 2220. The van der Waals surface area contributed by atoms with Crippen molar-refractivity contribution in [3.05, 3.63) is 152 Å². The van der Waals surface area contributed by atoms with Crippen molar-refractivity contribution in [2.45, 2.75) is 0 Å². The summed E-state index contributed by atoms with van der Waals surface area (Å²) in [5, 5.41) is 2.25. The van der Waals surface area contributed by atoms with Crippen LogP contribution in [0.2, 0.25) is 0 Å². The number of nitrogens with zero attached hydrogens (tertiary/aromatic N) is 3. The Hall–Kier alpha value is -5.87. The maximum atomic E-state index is 6.31. The molecule has 0 amide bonds. The fourth-order valence-electron chi connectivity index (χ4n) is 5.73. The molecule has 8 aromatic rings. The van der Waals surface area contributed by atoms with E-state index in [0.717, 1.165) is 72.3 Å². The van der Waals surface area contributed by atoms with Crippen LogP contribution in [-0.2, 0) is 0 Å². The second kappa shape index (κ2) is 10.5. The van der Waals surface area contributed by atoms with E-state index >= 15 is 0 Å². The van der Waals surface area contributed by atoms with E-state index in [2.05, 4.69) is 83.8 Å². The van der Waals surface area contributed by atoms with E-state index in [0.29, 0.717) is 5.82 Å². The van der Waals surface area contributed by atoms with E-state index in [9.17, 15) is 0 Å². The second-order valence-electron chi connectivity index (χ2n) is 10.5. The lowest BCUT2D eigenvalue weighted by molar-refractivity contribution is 0.670. The predicted octanol–water partition coefficient (Wildman–Crippen LogP) is 10.1. The van der Waals surface area contributed by atoms with Gasteiger partial charge in [0.2, 0.25) is 0 Å². The highest BCUT2D eigenvalue weighted by Gasteiger charge is 2.16. The minimum Gasteiger partial charge on any atom is -0.455 e. The number of pyridine rings is 1. The highest BCUT2D eigenvalue weighted by molar-refractivity contribution is 6.09. The monoisotopic (exact) mass is 551 g/mol. The fraction of sp³-hybridized carbons (Fsp3) is 0. The first-order valence-electron chi connectivity index (χ1n) is 14.3. The summed E-state index contributed by atoms with van der Waals surface area (Å²) in [4.78, 5) is 14.4. The molecule has 5 aromatic carbocycles. The fourth-order valence-corrected chi connectivity index (χ4v) is 5.73. The van der Waals surface area contributed by atoms with Crippen LogP contribution in [0, 0.1) is 0 Å². The molecule has 4 heteroatoms. The standard InChI is InChI=1S/C39H25N3O/c1-2-9-28(10-3-1)35-25-36(42-39(41-35)34-13-5-4-11-30(34)27-21-23-40-24-22-27)29-19-17-26(18-20-29)31-14-8-15-33-32-12-6-7-16-37(32)43-38(31)33/h1-25H. The Morgan fingerprint density at radius 2 is 1.00 bits per heavy atom. The number of fused-ring (bicyclic) bond motifs is 3. The van der Waals surface area contributed by atoms with Crippen molar-refractivity contribution in [3.8, 4) is 56.2 Å². The van der Waals surface area contributed by atoms with E-state index < -0.39 is 0 Å². The smallest absolute Gasteiger partial charge is 0.161 e. The van der Waals surface area contributed by atoms with Crippen molar-refractivity contribution in [1.82, 2.24) is 15.0 Å². The van der Waals surface area contributed by atoms with E-state index in [1.54, 1.807) is 0 Å². The lowest BCUT2D eigenvalue weighted by atomic mass is 9.98. The third-order valence-electron chi connectivity index (χ3n) is 7.85. The third kappa shape index (κ3) is 4.55. The zero-order valence-electron chi connectivity index (χ0n) is 23.2. The van der Waals surface area contributed by atoms with Gasteiger partial charge in [0.15, 0.2) is 5.82 Å². The maximum absolute atomic E-state index is 6.31. The van der Waals surface area contributed by atoms with Crippen LogP contribution in [0.4, 0.5) is 0 Å². The van der Waals surface area contributed by atoms with Gasteiger partial charge in [-0.25, -0.2) is 9.97 Å². The van der Waals surface area contributed by atoms with Crippen LogP contribution < -0.4 is 0 Å². The van der Waals surface area contributed by atoms with Gasteiger partial charge in [0.1, 0.15) is 11.2 Å². The Kier molecular flexibility index (Phi) is 6.08. The lowest BCUT2D eigenvalue weighted by Gasteiger charge is -2.13. The first-order valence-corrected chi connectivity index (χ1v) is 14.3. The quantitative estimate of drug-likeness (QED) is 0.214. The molecule has 0 spiro atoms. The Morgan fingerprint density at radius 1 is 0.419 bits per heavy atom. The van der Waals surface area contributed by atoms with E-state index in [1.165, 1.54) is 0 Å². The van der Waals surface area contributed by atoms with Crippen LogP contribution in [0.25, 0.3) is 78.1 Å². The molecule has 3 heterocycles. The van der Waals surface area contributed by atoms with Gasteiger partial charge >= 0.3 is 0 Å². The third-order valence-corrected chi connectivity index (χ3v) is 7.85. The van der Waals surface area contributed by atoms with Crippen LogP contribution in [0.15, 0.2) is 156 Å². The molecule has 8 rings (SSSR count). The second-order valence-corrected chi connectivity index (χ2v) is 10.5. The van der Waals surface area contributed by atoms with E-state index in [-0.39, 0.29) is 0 Å². The zero-order chi connectivity index (χ0) is 28.6. The minimum absolute atomic E-state index is 0.680. The number of rotatable bonds is 5. The molecule has 0 bridgehead atoms. The van der Waals surface area contributed by atoms with Gasteiger partial charge in [-0.1, -0.05) is 115 Å². The van der Waals surface area contributed by atoms with Gasteiger partial charge in [-0.3, -0.25) is 4.98 Å². The molecule has 3 aromatic heterocycles. The SMILES string of the molecule is c1ccc(-c2cc(-c3ccc(-c4cccc5c4oc4ccccc45)cc3)nc(-c3ccccc3-c3ccncc3)n2)cc1. The summed E-state index contributed by atoms with van der Waals surface area (Å²) in [6.45, 7) is 0. The highest BCUT2D eigenvalue weighted by atomic mass is 16.3. The Balaban J connectivity index is 1.25. The topological polar surface area (TPSA) is 51.8 Å². The van der Waals surface area contributed by atoms with Gasteiger partial charge < -0.3 is 4.42 Å². The summed E-state index contributed by atoms with van der Waals surface area (Å²) in [6, 6.07) is 47.7. The Labute approximate surface area is 249 Å². The van der Waals surface area contributed by atoms with Crippen molar-refractivity contribution in [1.29, 1.82) is 0 Å². The number of benzene rings is 5. The average Bonchev–Trinajstić information content (AvgIpc) is 3.48. The van der Waals surface area contributed by atoms with E-state index in [4.69, 9.17) is 14.4 Å². The van der Waals surface area contributed by atoms with E-state index in [1.807, 2.05) is 73.1 Å². The first kappa shape index (κ1) is 24.9. The van der Waals surface area contributed by atoms with Crippen molar-refractivity contribution >= 4 is 21.9 Å². The van der Waals surface area contributed by atoms with Crippen LogP contribution in [0.5, 0.6) is 0 Å². The van der Waals surface area contributed by atoms with Crippen LogP contribution in [-0.4, -0.2) is 15.0 Å². The molecular formula is C39H25N3O. The Morgan fingerprint density at radius 3 is 1.79 bits per heavy atom. The summed E-state index contributed by atoms with van der Waals surface area (Å²) in [7, 11) is 0. The van der Waals surface area contributed by atoms with Crippen LogP contribution in [0.3, 0.4) is 0 Å². The number of furan rings is 1. The number of aromatic nitrogens is 3. The molecule has 0 saturated heterocycles. The summed E-state index contributed by atoms with van der Waals surface area (Å²) < 4.78 is 6.31. The van der Waals surface area contributed by atoms with Gasteiger partial charge in [0.25, 0.3) is 0 Å². The zero-order valence-corrected chi connectivity index (χ0v) is 23.2. The maximum Gasteiger partial charge on any atom is 0.161 e. The van der Waals surface area contributed by atoms with Crippen molar-refractivity contribution in [2.24, 2.45) is 0 Å². The number of para-hydroxylation sites is 2. The highest BCUT2D eigenvalue weighted by Crippen LogP contribution is 2.37. The largest absolute Gasteiger partial charge is 0.455 e. The first-order chi connectivity index (χ1) is 21.3. The molecule has 0 saturated carbocycles. The molecule has 0 N–H and O–H groups in total. The molecule has 0 aliphatic carbocycles. The van der Waals surface area contributed by atoms with Gasteiger partial charge in [0.05, 0.1) is 11.4 Å². The molecule has 0 atom stereocenters. The predicted molar refractivity (Wildman–Crippen MR) is 174 cm³/mol. The minimum atomic E-state index is 0.680. The van der Waals surface area contributed by atoms with Crippen LogP contribution in [0.1, 0.15) is 0 Å². The van der Waals surface area contributed by atoms with Crippen molar-refractivity contribution in [2.75, 3.05) is 0 Å². The van der Waals surface area contributed by atoms with Gasteiger partial charge in [0, 0.05) is 45.4 Å². The van der Waals surface area contributed by atoms with Crippen molar-refractivity contribution in [3.63, 3.8) is 0 Å². The molecular weight excluding hydrogens is 526 g/mol. The average molecular weight is 552 g/mol. The molecule has 0 aliphatic rings. The molecule has 4 nitrogen and oxygen atoms in total. The molecule has 0 radical (unpaired) electrons. The normalized spacial score (nSPS) is 11.3. The van der Waals surface area contributed by atoms with Gasteiger partial charge in [-0.2, -0.15) is 0 Å². The number of hydrogen-bond donors (Lipinski definition) is 0. The molecule has 0 unspecified atom stereocenters. The molecule has 43 heavy (non-hydrogen) atoms. The molecule has 0 fully saturated rings. The molecule has 0 aliphatic heterocycles. The van der Waals surface area contributed by atoms with Crippen LogP contribution >= 0.6 is 0 Å². The molecule has 202 valence electrons. The van der Waals surface area contributed by atoms with Crippen molar-refractivity contribution < 1.29 is 4.42 Å². The lowest BCUT2D eigenvalue weighted by Crippen LogP contribution is -1.97. The number of hydrogen-bond acceptors (Lipinski definition) is 4. The summed E-state index contributed by atoms with van der Waals surface area (Å²) in [6.07, 6.45) is 3.62.